The van der Waals surface area contributed by atoms with Gasteiger partial charge in [-0.2, -0.15) is 10.2 Å². The fourth-order valence-electron chi connectivity index (χ4n) is 5.89. The first-order chi connectivity index (χ1) is 19.0. The molecule has 0 aromatic carbocycles. The molecule has 3 aromatic heterocycles. The van der Waals surface area contributed by atoms with Crippen LogP contribution in [-0.2, 0) is 22.6 Å². The van der Waals surface area contributed by atoms with Crippen LogP contribution in [-0.4, -0.2) is 59.7 Å². The molecule has 1 aliphatic heterocycles. The van der Waals surface area contributed by atoms with Crippen LogP contribution in [0.5, 0.6) is 0 Å². The molecule has 1 saturated heterocycles. The average Bonchev–Trinajstić information content (AvgIpc) is 3.56. The third-order valence-corrected chi connectivity index (χ3v) is 8.17. The first kappa shape index (κ1) is 27.7. The van der Waals surface area contributed by atoms with Crippen molar-refractivity contribution in [2.45, 2.75) is 70.9 Å². The Morgan fingerprint density at radius 2 is 1.98 bits per heavy atom. The van der Waals surface area contributed by atoms with Crippen molar-refractivity contribution in [2.24, 2.45) is 17.3 Å². The van der Waals surface area contributed by atoms with Gasteiger partial charge in [-0.15, -0.1) is 0 Å². The Labute approximate surface area is 229 Å². The molecular weight excluding hydrogens is 524 g/mol. The lowest BCUT2D eigenvalue weighted by Gasteiger charge is -2.36. The van der Waals surface area contributed by atoms with Crippen molar-refractivity contribution in [3.05, 3.63) is 47.7 Å². The summed E-state index contributed by atoms with van der Waals surface area (Å²) >= 11 is 0. The number of aromatic nitrogens is 5. The first-order valence-corrected chi connectivity index (χ1v) is 13.6. The number of aliphatic carboxylic acids is 1. The standard InChI is InChI=1S/C27H33F2N7O4/c1-3-35-20(10-11-31-35)23(37)33-22(17-6-4-16(2)5-7-17)19-13-36-21(32-19)9-8-18(34-36)12-26(25(39)40)14-27(28,29)15-30-24(26)38/h8-11,13,16-17,22H,3-7,12,14-15H2,1-2H3,(H,30,38)(H,33,37)(H,39,40)/t16?,17?,22-,26?/m0/s1. The lowest BCUT2D eigenvalue weighted by Crippen LogP contribution is -2.59. The number of imidazole rings is 1. The lowest BCUT2D eigenvalue weighted by molar-refractivity contribution is -0.169. The number of nitrogens with one attached hydrogen (secondary N) is 2. The Morgan fingerprint density at radius 3 is 2.67 bits per heavy atom. The molecule has 5 rings (SSSR count). The number of halogens is 2. The minimum atomic E-state index is -3.35. The van der Waals surface area contributed by atoms with E-state index in [9.17, 15) is 28.3 Å². The van der Waals surface area contributed by atoms with Crippen LogP contribution in [0.4, 0.5) is 8.78 Å². The van der Waals surface area contributed by atoms with Gasteiger partial charge >= 0.3 is 5.97 Å². The summed E-state index contributed by atoms with van der Waals surface area (Å²) < 4.78 is 31.4. The first-order valence-electron chi connectivity index (χ1n) is 13.6. The SMILES string of the molecule is CCn1nccc1C(=O)N[C@H](c1cn2nc(CC3(C(=O)O)CC(F)(F)CNC3=O)ccc2n1)C1CCC(C)CC1. The number of nitrogens with zero attached hydrogens (tertiary/aromatic N) is 5. The fraction of sp³-hybridized carbons (Fsp3) is 0.556. The smallest absolute Gasteiger partial charge is 0.319 e. The van der Waals surface area contributed by atoms with E-state index in [0.717, 1.165) is 25.7 Å². The zero-order chi connectivity index (χ0) is 28.7. The average molecular weight is 558 g/mol. The van der Waals surface area contributed by atoms with Crippen molar-refractivity contribution < 1.29 is 28.3 Å². The highest BCUT2D eigenvalue weighted by Gasteiger charge is 2.56. The minimum absolute atomic E-state index is 0.144. The maximum Gasteiger partial charge on any atom is 0.319 e. The number of amides is 2. The summed E-state index contributed by atoms with van der Waals surface area (Å²) in [7, 11) is 0. The van der Waals surface area contributed by atoms with Crippen molar-refractivity contribution in [3.63, 3.8) is 0 Å². The second-order valence-corrected chi connectivity index (χ2v) is 11.1. The number of piperidine rings is 1. The maximum absolute atomic E-state index is 14.2. The van der Waals surface area contributed by atoms with Crippen LogP contribution in [0, 0.1) is 17.3 Å². The molecule has 2 amide bonds. The van der Waals surface area contributed by atoms with Crippen molar-refractivity contribution in [3.8, 4) is 0 Å². The van der Waals surface area contributed by atoms with Crippen LogP contribution >= 0.6 is 0 Å². The van der Waals surface area contributed by atoms with Gasteiger partial charge in [-0.1, -0.05) is 19.8 Å². The number of carbonyl (C=O) groups excluding carboxylic acids is 2. The second-order valence-electron chi connectivity index (χ2n) is 11.1. The quantitative estimate of drug-likeness (QED) is 0.361. The zero-order valence-electron chi connectivity index (χ0n) is 22.4. The van der Waals surface area contributed by atoms with Crippen LogP contribution in [0.3, 0.4) is 0 Å². The Hall–Kier alpha value is -3.90. The van der Waals surface area contributed by atoms with Gasteiger partial charge in [-0.3, -0.25) is 19.1 Å². The molecule has 0 radical (unpaired) electrons. The normalized spacial score (nSPS) is 25.4. The van der Waals surface area contributed by atoms with Crippen molar-refractivity contribution in [1.29, 1.82) is 0 Å². The van der Waals surface area contributed by atoms with Crippen molar-refractivity contribution in [1.82, 2.24) is 35.0 Å². The summed E-state index contributed by atoms with van der Waals surface area (Å²) in [5.74, 6) is -5.45. The monoisotopic (exact) mass is 557 g/mol. The summed E-state index contributed by atoms with van der Waals surface area (Å²) in [4.78, 5) is 42.6. The molecule has 1 unspecified atom stereocenters. The molecule has 11 nitrogen and oxygen atoms in total. The number of fused-ring (bicyclic) bond motifs is 1. The van der Waals surface area contributed by atoms with Gasteiger partial charge in [-0.05, 0) is 49.8 Å². The molecule has 214 valence electrons. The third kappa shape index (κ3) is 5.28. The van der Waals surface area contributed by atoms with Crippen LogP contribution in [0.1, 0.15) is 73.9 Å². The fourth-order valence-corrected chi connectivity index (χ4v) is 5.89. The number of aryl methyl sites for hydroxylation is 1. The molecule has 40 heavy (non-hydrogen) atoms. The second kappa shape index (κ2) is 10.6. The van der Waals surface area contributed by atoms with Crippen LogP contribution < -0.4 is 10.6 Å². The van der Waals surface area contributed by atoms with Gasteiger partial charge in [0, 0.05) is 25.6 Å². The Morgan fingerprint density at radius 1 is 1.23 bits per heavy atom. The van der Waals surface area contributed by atoms with Gasteiger partial charge in [0.1, 0.15) is 5.69 Å². The molecule has 4 heterocycles. The van der Waals surface area contributed by atoms with Gasteiger partial charge in [0.05, 0.1) is 30.2 Å². The van der Waals surface area contributed by atoms with Crippen LogP contribution in [0.15, 0.2) is 30.6 Å². The summed E-state index contributed by atoms with van der Waals surface area (Å²) in [6.45, 7) is 3.77. The predicted molar refractivity (Wildman–Crippen MR) is 139 cm³/mol. The third-order valence-electron chi connectivity index (χ3n) is 8.17. The molecule has 0 spiro atoms. The van der Waals surface area contributed by atoms with Crippen molar-refractivity contribution >= 4 is 23.4 Å². The molecule has 1 aliphatic carbocycles. The highest BCUT2D eigenvalue weighted by molar-refractivity contribution is 6.03. The van der Waals surface area contributed by atoms with Crippen LogP contribution in [0.25, 0.3) is 5.65 Å². The number of carboxylic acids is 1. The maximum atomic E-state index is 14.2. The number of carboxylic acid groups (broad SMARTS) is 1. The van der Waals surface area contributed by atoms with Gasteiger partial charge in [0.15, 0.2) is 11.1 Å². The predicted octanol–water partition coefficient (Wildman–Crippen LogP) is 3.01. The lowest BCUT2D eigenvalue weighted by atomic mass is 9.74. The summed E-state index contributed by atoms with van der Waals surface area (Å²) in [5, 5.41) is 23.6. The van der Waals surface area contributed by atoms with E-state index in [1.54, 1.807) is 29.2 Å². The summed E-state index contributed by atoms with van der Waals surface area (Å²) in [5.41, 5.74) is -0.699. The van der Waals surface area contributed by atoms with Crippen molar-refractivity contribution in [2.75, 3.05) is 6.54 Å². The molecule has 2 atom stereocenters. The number of hydrogen-bond donors (Lipinski definition) is 3. The summed E-state index contributed by atoms with van der Waals surface area (Å²) in [6.07, 6.45) is 5.52. The molecule has 1 saturated carbocycles. The van der Waals surface area contributed by atoms with Gasteiger partial charge in [0.25, 0.3) is 11.8 Å². The van der Waals surface area contributed by atoms with E-state index in [-0.39, 0.29) is 17.5 Å². The molecule has 13 heteroatoms. The van der Waals surface area contributed by atoms with Gasteiger partial charge in [-0.25, -0.2) is 18.3 Å². The van der Waals surface area contributed by atoms with E-state index in [4.69, 9.17) is 4.98 Å². The Kier molecular flexibility index (Phi) is 7.32. The van der Waals surface area contributed by atoms with E-state index in [2.05, 4.69) is 22.4 Å². The largest absolute Gasteiger partial charge is 0.480 e. The molecule has 0 bridgehead atoms. The van der Waals surface area contributed by atoms with E-state index in [1.165, 1.54) is 10.6 Å². The molecule has 2 aliphatic rings. The molecule has 2 fully saturated rings. The van der Waals surface area contributed by atoms with Gasteiger partial charge in [0.2, 0.25) is 5.91 Å². The van der Waals surface area contributed by atoms with E-state index in [1.807, 2.05) is 12.2 Å². The number of alkyl halides is 2. The molecule has 3 N–H and O–H groups in total. The minimum Gasteiger partial charge on any atom is -0.480 e. The number of hydrogen-bond acceptors (Lipinski definition) is 6. The van der Waals surface area contributed by atoms with Crippen LogP contribution in [0.2, 0.25) is 0 Å². The van der Waals surface area contributed by atoms with E-state index < -0.39 is 48.6 Å². The zero-order valence-corrected chi connectivity index (χ0v) is 22.4. The highest BCUT2D eigenvalue weighted by atomic mass is 19.3. The number of rotatable bonds is 8. The Balaban J connectivity index is 1.46. The topological polar surface area (TPSA) is 144 Å². The van der Waals surface area contributed by atoms with E-state index >= 15 is 0 Å². The summed E-state index contributed by atoms with van der Waals surface area (Å²) in [6, 6.07) is 4.36. The molecular formula is C27H33F2N7O4. The van der Waals surface area contributed by atoms with E-state index in [0.29, 0.717) is 29.5 Å². The number of carbonyl (C=O) groups is 3. The molecule has 3 aromatic rings. The Bertz CT molecular complexity index is 1430. The highest BCUT2D eigenvalue weighted by Crippen LogP contribution is 2.39. The van der Waals surface area contributed by atoms with Gasteiger partial charge < -0.3 is 15.7 Å².